The molecule has 2 aliphatic carbocycles. The van der Waals surface area contributed by atoms with Crippen LogP contribution in [-0.4, -0.2) is 67.5 Å². The number of carbonyl (C=O) groups is 1. The van der Waals surface area contributed by atoms with Gasteiger partial charge in [0, 0.05) is 31.5 Å². The highest BCUT2D eigenvalue weighted by Crippen LogP contribution is 2.53. The lowest BCUT2D eigenvalue weighted by molar-refractivity contribution is -0.159. The van der Waals surface area contributed by atoms with E-state index < -0.39 is 6.11 Å². The Bertz CT molecular complexity index is 973. The molecule has 3 unspecified atom stereocenters. The second-order valence-electron chi connectivity index (χ2n) is 11.6. The maximum atomic E-state index is 13.1. The van der Waals surface area contributed by atoms with Gasteiger partial charge in [-0.15, -0.1) is 0 Å². The number of likely N-dealkylation sites (tertiary alicyclic amines) is 1. The maximum Gasteiger partial charge on any atom is 0.394 e. The van der Waals surface area contributed by atoms with Gasteiger partial charge in [-0.25, -0.2) is 0 Å². The number of ether oxygens (including phenoxy) is 3. The van der Waals surface area contributed by atoms with Gasteiger partial charge in [-0.05, 0) is 82.7 Å². The molecule has 37 heavy (non-hydrogen) atoms. The van der Waals surface area contributed by atoms with Crippen LogP contribution < -0.4 is 10.1 Å². The first-order valence-electron chi connectivity index (χ1n) is 13.8. The highest BCUT2D eigenvalue weighted by atomic mass is 19.3. The molecule has 1 aromatic rings. The molecule has 8 heteroatoms. The molecule has 6 nitrogen and oxygen atoms in total. The molecule has 2 aliphatic heterocycles. The largest absolute Gasteiger partial charge is 0.433 e. The quantitative estimate of drug-likeness (QED) is 0.473. The molecule has 0 aromatic heterocycles. The van der Waals surface area contributed by atoms with Gasteiger partial charge in [-0.2, -0.15) is 8.78 Å². The minimum absolute atomic E-state index is 0.0324. The molecule has 1 N–H and O–H groups in total. The van der Waals surface area contributed by atoms with Crippen molar-refractivity contribution in [2.45, 2.75) is 95.7 Å². The first kappa shape index (κ1) is 26.6. The summed E-state index contributed by atoms with van der Waals surface area (Å²) in [4.78, 5) is 15.5. The number of hydrogen-bond donors (Lipinski definition) is 1. The van der Waals surface area contributed by atoms with Crippen LogP contribution in [0.5, 0.6) is 5.75 Å². The third kappa shape index (κ3) is 7.09. The van der Waals surface area contributed by atoms with Crippen LogP contribution in [-0.2, 0) is 20.7 Å². The summed E-state index contributed by atoms with van der Waals surface area (Å²) in [6.45, 7) is 6.85. The summed E-state index contributed by atoms with van der Waals surface area (Å²) >= 11 is 0. The van der Waals surface area contributed by atoms with E-state index in [2.05, 4.69) is 28.0 Å². The lowest BCUT2D eigenvalue weighted by Crippen LogP contribution is -2.38. The molecule has 1 saturated carbocycles. The number of alkyl halides is 2. The third-order valence-electron chi connectivity index (χ3n) is 8.21. The zero-order chi connectivity index (χ0) is 26.0. The van der Waals surface area contributed by atoms with Crippen molar-refractivity contribution < 1.29 is 27.8 Å². The van der Waals surface area contributed by atoms with Gasteiger partial charge in [-0.3, -0.25) is 4.79 Å². The standard InChI is InChI=1S/C29H40F2N2O4/c1-20-11-14-35-25-15-22(7-10-24(25)36-20)17-29(19-33-12-3-4-13-33)18-26(29)32-27(34)16-21-5-8-23(9-6-21)37-28(2,30)31/h5-9,20,24-26H,3-4,10-19H2,1-2H3,(H,32,34)/t20-,24?,25?,26?,29+/m0/s1. The lowest BCUT2D eigenvalue weighted by atomic mass is 9.86. The van der Waals surface area contributed by atoms with Gasteiger partial charge < -0.3 is 24.4 Å². The summed E-state index contributed by atoms with van der Waals surface area (Å²) in [6.07, 6.45) is 7.04. The van der Waals surface area contributed by atoms with Crippen molar-refractivity contribution >= 4 is 5.91 Å². The van der Waals surface area contributed by atoms with Crippen LogP contribution in [0.4, 0.5) is 8.78 Å². The van der Waals surface area contributed by atoms with Crippen LogP contribution in [0.15, 0.2) is 35.9 Å². The summed E-state index contributed by atoms with van der Waals surface area (Å²) in [5.74, 6) is 0.0546. The number of carbonyl (C=O) groups excluding carboxylic acids is 1. The van der Waals surface area contributed by atoms with E-state index in [4.69, 9.17) is 9.47 Å². The monoisotopic (exact) mass is 518 g/mol. The van der Waals surface area contributed by atoms with E-state index in [1.54, 1.807) is 12.1 Å². The van der Waals surface area contributed by atoms with Gasteiger partial charge in [0.1, 0.15) is 5.75 Å². The zero-order valence-corrected chi connectivity index (χ0v) is 22.0. The van der Waals surface area contributed by atoms with E-state index in [1.807, 2.05) is 0 Å². The van der Waals surface area contributed by atoms with Crippen LogP contribution >= 0.6 is 0 Å². The third-order valence-corrected chi connectivity index (χ3v) is 8.21. The molecule has 5 atom stereocenters. The van der Waals surface area contributed by atoms with Crippen molar-refractivity contribution in [2.24, 2.45) is 5.41 Å². The first-order chi connectivity index (χ1) is 17.7. The predicted molar refractivity (Wildman–Crippen MR) is 137 cm³/mol. The second kappa shape index (κ2) is 11.0. The molecule has 0 bridgehead atoms. The highest BCUT2D eigenvalue weighted by molar-refractivity contribution is 5.79. The Morgan fingerprint density at radius 1 is 1.22 bits per heavy atom. The van der Waals surface area contributed by atoms with Crippen molar-refractivity contribution in [1.29, 1.82) is 0 Å². The SMILES string of the molecule is C[C@H]1CCOC2CC(C[C@]3(CN4CCCC4)CC3NC(=O)Cc3ccc(OC(C)(F)F)cc3)=CCC2O1. The maximum absolute atomic E-state index is 13.1. The highest BCUT2D eigenvalue weighted by Gasteiger charge is 2.56. The Hall–Kier alpha value is -2.03. The molecule has 0 radical (unpaired) electrons. The smallest absolute Gasteiger partial charge is 0.394 e. The topological polar surface area (TPSA) is 60.0 Å². The summed E-state index contributed by atoms with van der Waals surface area (Å²) < 4.78 is 43.1. The van der Waals surface area contributed by atoms with Crippen molar-refractivity contribution in [2.75, 3.05) is 26.2 Å². The average Bonchev–Trinajstić information content (AvgIpc) is 3.26. The van der Waals surface area contributed by atoms with E-state index in [9.17, 15) is 13.6 Å². The number of halogens is 2. The predicted octanol–water partition coefficient (Wildman–Crippen LogP) is 4.86. The van der Waals surface area contributed by atoms with E-state index in [0.717, 1.165) is 63.9 Å². The Kier molecular flexibility index (Phi) is 7.89. The Balaban J connectivity index is 1.19. The van der Waals surface area contributed by atoms with E-state index in [1.165, 1.54) is 30.5 Å². The Labute approximate surface area is 218 Å². The van der Waals surface area contributed by atoms with Crippen molar-refractivity contribution in [3.8, 4) is 5.75 Å². The van der Waals surface area contributed by atoms with Gasteiger partial charge in [0.05, 0.1) is 24.7 Å². The number of fused-ring (bicyclic) bond motifs is 1. The number of nitrogens with one attached hydrogen (secondary N) is 1. The first-order valence-corrected chi connectivity index (χ1v) is 13.8. The Morgan fingerprint density at radius 3 is 2.70 bits per heavy atom. The molecular weight excluding hydrogens is 478 g/mol. The molecule has 4 aliphatic rings. The zero-order valence-electron chi connectivity index (χ0n) is 22.0. The second-order valence-corrected chi connectivity index (χ2v) is 11.6. The van der Waals surface area contributed by atoms with Crippen molar-refractivity contribution in [1.82, 2.24) is 10.2 Å². The van der Waals surface area contributed by atoms with Crippen LogP contribution in [0.2, 0.25) is 0 Å². The number of hydrogen-bond acceptors (Lipinski definition) is 5. The fourth-order valence-electron chi connectivity index (χ4n) is 6.24. The molecule has 5 rings (SSSR count). The molecule has 1 amide bonds. The van der Waals surface area contributed by atoms with Crippen molar-refractivity contribution in [3.63, 3.8) is 0 Å². The molecule has 1 aromatic carbocycles. The molecule has 2 saturated heterocycles. The minimum Gasteiger partial charge on any atom is -0.433 e. The van der Waals surface area contributed by atoms with Crippen LogP contribution in [0, 0.1) is 5.41 Å². The fourth-order valence-corrected chi connectivity index (χ4v) is 6.24. The van der Waals surface area contributed by atoms with Gasteiger partial charge in [0.2, 0.25) is 5.91 Å². The van der Waals surface area contributed by atoms with E-state index in [0.29, 0.717) is 6.92 Å². The summed E-state index contributed by atoms with van der Waals surface area (Å²) in [5, 5.41) is 3.28. The van der Waals surface area contributed by atoms with Crippen LogP contribution in [0.1, 0.15) is 64.4 Å². The summed E-state index contributed by atoms with van der Waals surface area (Å²) in [5.41, 5.74) is 2.26. The normalized spacial score (nSPS) is 32.3. The van der Waals surface area contributed by atoms with E-state index >= 15 is 0 Å². The molecular formula is C29H40F2N2O4. The summed E-state index contributed by atoms with van der Waals surface area (Å²) in [7, 11) is 0. The van der Waals surface area contributed by atoms with Gasteiger partial charge in [0.15, 0.2) is 0 Å². The van der Waals surface area contributed by atoms with Crippen LogP contribution in [0.3, 0.4) is 0 Å². The molecule has 0 spiro atoms. The average molecular weight is 519 g/mol. The lowest BCUT2D eigenvalue weighted by Gasteiger charge is -2.32. The van der Waals surface area contributed by atoms with E-state index in [-0.39, 0.29) is 47.8 Å². The summed E-state index contributed by atoms with van der Waals surface area (Å²) in [6, 6.07) is 6.45. The minimum atomic E-state index is -3.23. The number of amides is 1. The molecule has 204 valence electrons. The fraction of sp³-hybridized carbons (Fsp3) is 0.690. The van der Waals surface area contributed by atoms with Crippen LogP contribution in [0.25, 0.3) is 0 Å². The Morgan fingerprint density at radius 2 is 1.97 bits per heavy atom. The number of benzene rings is 1. The van der Waals surface area contributed by atoms with Crippen molar-refractivity contribution in [3.05, 3.63) is 41.5 Å². The van der Waals surface area contributed by atoms with Gasteiger partial charge >= 0.3 is 6.11 Å². The number of rotatable bonds is 9. The number of nitrogens with zero attached hydrogens (tertiary/aromatic N) is 1. The van der Waals surface area contributed by atoms with Gasteiger partial charge in [0.25, 0.3) is 0 Å². The molecule has 3 fully saturated rings. The van der Waals surface area contributed by atoms with Gasteiger partial charge in [-0.1, -0.05) is 23.8 Å². The molecule has 2 heterocycles.